The van der Waals surface area contributed by atoms with Crippen molar-refractivity contribution in [3.05, 3.63) is 108 Å². The van der Waals surface area contributed by atoms with Gasteiger partial charge in [-0.2, -0.15) is 0 Å². The molecule has 4 radical (unpaired) electrons. The Labute approximate surface area is 517 Å². The summed E-state index contributed by atoms with van der Waals surface area (Å²) in [4.78, 5) is 49.7. The zero-order valence-electron chi connectivity index (χ0n) is 38.5. The van der Waals surface area contributed by atoms with Crippen molar-refractivity contribution in [1.82, 2.24) is 59.8 Å². The first-order valence-electron chi connectivity index (χ1n) is 18.3. The summed E-state index contributed by atoms with van der Waals surface area (Å²) in [6, 6.07) is 0. The second kappa shape index (κ2) is 40.6. The Bertz CT molecular complexity index is 1890. The summed E-state index contributed by atoms with van der Waals surface area (Å²) in [5.41, 5.74) is 0. The Morgan fingerprint density at radius 3 is 0.970 bits per heavy atom. The number of allylic oxidation sites excluding steroid dienone is 4. The largest absolute Gasteiger partial charge is 0.397 e. The number of nitrogens with zero attached hydrogens (tertiary/aromatic N) is 20. The van der Waals surface area contributed by atoms with Crippen LogP contribution in [0, 0.1) is 0 Å². The van der Waals surface area contributed by atoms with Crippen LogP contribution in [0.25, 0.3) is 33.4 Å². The van der Waals surface area contributed by atoms with Crippen LogP contribution < -0.4 is 16.7 Å². The molecule has 4 aromatic heterocycles. The van der Waals surface area contributed by atoms with Gasteiger partial charge in [-0.15, -0.1) is 26.3 Å². The van der Waals surface area contributed by atoms with Gasteiger partial charge in [0.05, 0.1) is 55.6 Å². The number of hydrogen-bond acceptors (Lipinski definition) is 16. The molecule has 0 N–H and O–H groups in total. The SMILES string of the molecule is C=CCC(CC=C)c1nc([N-]C)nc(N(C)Br)n1.C=CCC(CC=C)c1nc([N-]C)nc(N(C)Cl)n1.C=Cc1nc([N-]C)nc(N(C)Br)n1.C=Cc1nc([N-]C)nc(N(C)Cl)n1.[Y].[Y].[Y].[Y]. The van der Waals surface area contributed by atoms with Crippen molar-refractivity contribution >= 4 is 116 Å². The van der Waals surface area contributed by atoms with Crippen LogP contribution >= 0.6 is 55.8 Å². The molecule has 0 spiro atoms. The summed E-state index contributed by atoms with van der Waals surface area (Å²) in [6.45, 7) is 22.1. The Hall–Kier alpha value is -1.16. The van der Waals surface area contributed by atoms with Crippen LogP contribution in [0.5, 0.6) is 0 Å². The molecule has 20 nitrogen and oxygen atoms in total. The summed E-state index contributed by atoms with van der Waals surface area (Å²) in [7, 11) is 13.4. The zero-order valence-corrected chi connectivity index (χ0v) is 54.5. The van der Waals surface area contributed by atoms with E-state index in [2.05, 4.69) is 153 Å². The van der Waals surface area contributed by atoms with Gasteiger partial charge in [-0.1, -0.05) is 37.5 Å². The Kier molecular flexibility index (Phi) is 43.9. The minimum atomic E-state index is 0. The number of anilines is 4. The molecule has 4 rings (SSSR count). The fraction of sp³-hybridized carbons (Fsp3) is 0.368. The predicted octanol–water partition coefficient (Wildman–Crippen LogP) is 10.4. The number of aromatic nitrogens is 12. The van der Waals surface area contributed by atoms with Gasteiger partial charge in [-0.05, 0) is 66.0 Å². The van der Waals surface area contributed by atoms with E-state index in [0.717, 1.165) is 25.7 Å². The van der Waals surface area contributed by atoms with Gasteiger partial charge >= 0.3 is 0 Å². The summed E-state index contributed by atoms with van der Waals surface area (Å²) in [5, 5.41) is 15.7. The first-order valence-corrected chi connectivity index (χ1v) is 20.4. The summed E-state index contributed by atoms with van der Waals surface area (Å²) >= 11 is 18.0. The van der Waals surface area contributed by atoms with E-state index in [1.807, 2.05) is 31.4 Å². The Morgan fingerprint density at radius 2 is 0.697 bits per heavy atom. The van der Waals surface area contributed by atoms with Crippen molar-refractivity contribution in [3.63, 3.8) is 0 Å². The molecule has 0 fully saturated rings. The Morgan fingerprint density at radius 1 is 0.439 bits per heavy atom. The molecular weight excluding hydrogens is 1320 g/mol. The molecule has 0 aliphatic carbocycles. The first-order chi connectivity index (χ1) is 29.6. The van der Waals surface area contributed by atoms with Gasteiger partial charge in [0.1, 0.15) is 0 Å². The summed E-state index contributed by atoms with van der Waals surface area (Å²) < 4.78 is 5.85. The fourth-order valence-corrected chi connectivity index (χ4v) is 4.86. The molecule has 348 valence electrons. The molecule has 66 heavy (non-hydrogen) atoms. The van der Waals surface area contributed by atoms with E-state index in [1.165, 1.54) is 14.9 Å². The molecule has 4 heterocycles. The molecule has 4 aromatic rings. The molecule has 0 atom stereocenters. The van der Waals surface area contributed by atoms with Gasteiger partial charge in [0, 0.05) is 218 Å². The second-order valence-corrected chi connectivity index (χ2v) is 15.0. The molecule has 0 saturated heterocycles. The van der Waals surface area contributed by atoms with Crippen LogP contribution in [0.4, 0.5) is 47.6 Å². The van der Waals surface area contributed by atoms with Crippen LogP contribution in [0.1, 0.15) is 60.8 Å². The maximum Gasteiger partial charge on any atom is 0.168 e. The molecule has 0 bridgehead atoms. The molecule has 0 aromatic carbocycles. The van der Waals surface area contributed by atoms with Crippen molar-refractivity contribution in [3.8, 4) is 0 Å². The van der Waals surface area contributed by atoms with Gasteiger partial charge in [0.15, 0.2) is 23.8 Å². The monoisotopic (exact) mass is 1370 g/mol. The standard InChI is InChI=1S/C12H17BrN5.C12H17ClN5.C7H9BrN5.C7H9ClN5.4Y/c2*1-5-7-9(8-6-2)10-15-11(14-3)17-12(16-10)18(4)13;2*1-4-5-10-6(9-2)12-7(11-5)13(3)8;;;;/h2*5-6,9H,1-2,7-8H2,3-4H3;2*4H,1H2,2-3H3;;;;/q4*-1;;;;. The van der Waals surface area contributed by atoms with Crippen molar-refractivity contribution < 1.29 is 131 Å². The third kappa shape index (κ3) is 26.7. The van der Waals surface area contributed by atoms with E-state index in [4.69, 9.17) is 23.6 Å². The molecule has 0 unspecified atom stereocenters. The van der Waals surface area contributed by atoms with Crippen LogP contribution in [0.2, 0.25) is 0 Å². The van der Waals surface area contributed by atoms with Crippen molar-refractivity contribution in [2.24, 2.45) is 0 Å². The normalized spacial score (nSPS) is 9.30. The van der Waals surface area contributed by atoms with Crippen molar-refractivity contribution in [2.45, 2.75) is 37.5 Å². The van der Waals surface area contributed by atoms with Gasteiger partial charge in [-0.3, -0.25) is 16.7 Å². The minimum absolute atomic E-state index is 0. The van der Waals surface area contributed by atoms with E-state index in [0.29, 0.717) is 70.9 Å². The zero-order chi connectivity index (χ0) is 46.8. The van der Waals surface area contributed by atoms with Gasteiger partial charge in [0.25, 0.3) is 0 Å². The van der Waals surface area contributed by atoms with Gasteiger partial charge < -0.3 is 61.1 Å². The topological polar surface area (TPSA) is 224 Å². The van der Waals surface area contributed by atoms with E-state index >= 15 is 0 Å². The minimum Gasteiger partial charge on any atom is -0.397 e. The van der Waals surface area contributed by atoms with Crippen LogP contribution in [-0.2, 0) is 131 Å². The summed E-state index contributed by atoms with van der Waals surface area (Å²) in [5.74, 6) is 5.96. The summed E-state index contributed by atoms with van der Waals surface area (Å²) in [6.07, 6.45) is 13.6. The van der Waals surface area contributed by atoms with E-state index in [9.17, 15) is 0 Å². The third-order valence-corrected chi connectivity index (χ3v) is 8.26. The van der Waals surface area contributed by atoms with Crippen LogP contribution in [0.3, 0.4) is 0 Å². The predicted molar refractivity (Wildman–Crippen MR) is 263 cm³/mol. The molecular formula is C38H52Br2Cl2N20Y4-4. The number of halogens is 4. The third-order valence-electron chi connectivity index (χ3n) is 7.32. The average molecular weight is 1380 g/mol. The van der Waals surface area contributed by atoms with Crippen molar-refractivity contribution in [2.75, 3.05) is 73.1 Å². The van der Waals surface area contributed by atoms with E-state index in [1.54, 1.807) is 63.3 Å². The van der Waals surface area contributed by atoms with E-state index < -0.39 is 0 Å². The van der Waals surface area contributed by atoms with E-state index in [-0.39, 0.29) is 143 Å². The molecule has 28 heteroatoms. The molecule has 0 aliphatic heterocycles. The van der Waals surface area contributed by atoms with Gasteiger partial charge in [0.2, 0.25) is 0 Å². The smallest absolute Gasteiger partial charge is 0.168 e. The van der Waals surface area contributed by atoms with Crippen LogP contribution in [0.15, 0.2) is 63.8 Å². The Balaban J connectivity index is -0.000000385. The average Bonchev–Trinajstić information content (AvgIpc) is 3.28. The molecule has 0 amide bonds. The molecule has 0 saturated carbocycles. The molecule has 0 aliphatic rings. The second-order valence-electron chi connectivity index (χ2n) is 11.9. The number of hydrogen-bond donors (Lipinski definition) is 0. The maximum absolute atomic E-state index is 5.86. The quantitative estimate of drug-likeness (QED) is 0.0592. The maximum atomic E-state index is 5.86. The van der Waals surface area contributed by atoms with Crippen molar-refractivity contribution in [1.29, 1.82) is 0 Å². The van der Waals surface area contributed by atoms with Crippen LogP contribution in [-0.4, -0.2) is 116 Å². The van der Waals surface area contributed by atoms with Gasteiger partial charge in [-0.25, -0.2) is 19.9 Å². The first kappa shape index (κ1) is 71.4. The number of rotatable bonds is 20. The fourth-order valence-electron chi connectivity index (χ4n) is 4.40.